The molecule has 10 heterocycles. The largest absolute Gasteiger partial charge is 0.355 e. The molecule has 0 atom stereocenters. The van der Waals surface area contributed by atoms with Crippen LogP contribution in [0.3, 0.4) is 0 Å². The Morgan fingerprint density at radius 3 is 1.12 bits per heavy atom. The predicted octanol–water partition coefficient (Wildman–Crippen LogP) is 19.8. The smallest absolute Gasteiger partial charge is 0.323 e. The minimum atomic E-state index is -0.153. The first-order valence-electron chi connectivity index (χ1n) is 40.5. The molecule has 0 bridgehead atoms. The fourth-order valence-electron chi connectivity index (χ4n) is 16.3. The van der Waals surface area contributed by atoms with E-state index in [1.807, 2.05) is 100 Å². The van der Waals surface area contributed by atoms with Gasteiger partial charge >= 0.3 is 6.03 Å². The number of hydrogen-bond acceptors (Lipinski definition) is 17. The Morgan fingerprint density at radius 1 is 0.448 bits per heavy atom. The van der Waals surface area contributed by atoms with E-state index in [0.29, 0.717) is 84.0 Å². The molecule has 17 rings (SSSR count). The van der Waals surface area contributed by atoms with Crippen molar-refractivity contribution in [2.24, 2.45) is 0 Å². The first-order valence-corrected chi connectivity index (χ1v) is 43.7. The number of anilines is 3. The van der Waals surface area contributed by atoms with Crippen LogP contribution in [-0.4, -0.2) is 130 Å². The van der Waals surface area contributed by atoms with Crippen LogP contribution in [0, 0.1) is 27.7 Å². The summed E-state index contributed by atoms with van der Waals surface area (Å²) in [5, 5.41) is 34.5. The van der Waals surface area contributed by atoms with E-state index in [1.165, 1.54) is 134 Å². The van der Waals surface area contributed by atoms with Gasteiger partial charge in [-0.3, -0.25) is 57.2 Å². The van der Waals surface area contributed by atoms with E-state index >= 15 is 0 Å². The highest BCUT2D eigenvalue weighted by Gasteiger charge is 2.29. The minimum absolute atomic E-state index is 0. The number of fused-ring (bicyclic) bond motifs is 4. The third kappa shape index (κ3) is 19.3. The summed E-state index contributed by atoms with van der Waals surface area (Å²) in [7, 11) is 5.08. The second kappa shape index (κ2) is 37.7. The van der Waals surface area contributed by atoms with E-state index in [4.69, 9.17) is 20.4 Å². The lowest BCUT2D eigenvalue weighted by Gasteiger charge is -2.22. The van der Waals surface area contributed by atoms with Crippen molar-refractivity contribution in [3.05, 3.63) is 185 Å². The third-order valence-corrected chi connectivity index (χ3v) is 27.2. The van der Waals surface area contributed by atoms with Crippen LogP contribution < -0.4 is 26.2 Å². The predicted molar refractivity (Wildman–Crippen MR) is 467 cm³/mol. The number of benzene rings is 3. The quantitative estimate of drug-likeness (QED) is 0.0549. The van der Waals surface area contributed by atoms with Crippen molar-refractivity contribution in [2.45, 2.75) is 214 Å². The van der Waals surface area contributed by atoms with Crippen molar-refractivity contribution in [1.29, 1.82) is 0 Å². The van der Waals surface area contributed by atoms with Crippen molar-refractivity contribution in [1.82, 2.24) is 59.6 Å². The molecule has 0 radical (unpaired) electrons. The number of carbonyl (C=O) groups is 8. The number of thiophene rings is 4. The van der Waals surface area contributed by atoms with E-state index in [1.54, 1.807) is 108 Å². The van der Waals surface area contributed by atoms with Gasteiger partial charge in [-0.2, -0.15) is 20.4 Å². The lowest BCUT2D eigenvalue weighted by molar-refractivity contribution is -0.114. The average Bonchev–Trinajstić information content (AvgIpc) is 1.64. The summed E-state index contributed by atoms with van der Waals surface area (Å²) in [6.07, 6.45) is 27.3. The summed E-state index contributed by atoms with van der Waals surface area (Å²) in [5.74, 6) is 0.531. The molecular weight excluding hydrogens is 1540 g/mol. The number of Topliss-reactive ketones (excluding diaryl/α,β-unsaturated/α-hetero) is 3. The van der Waals surface area contributed by atoms with Crippen LogP contribution >= 0.6 is 45.3 Å². The van der Waals surface area contributed by atoms with Gasteiger partial charge in [-0.1, -0.05) is 121 Å². The molecule has 5 aliphatic rings. The summed E-state index contributed by atoms with van der Waals surface area (Å²) in [4.78, 5) is 113. The van der Waals surface area contributed by atoms with Gasteiger partial charge < -0.3 is 26.2 Å². The highest BCUT2D eigenvalue weighted by atomic mass is 32.1. The van der Waals surface area contributed by atoms with Crippen molar-refractivity contribution < 1.29 is 38.4 Å². The molecule has 1 saturated heterocycles. The average molecular weight is 1640 g/mol. The van der Waals surface area contributed by atoms with Crippen LogP contribution in [0.15, 0.2) is 115 Å². The van der Waals surface area contributed by atoms with Crippen LogP contribution in [0.2, 0.25) is 0 Å². The van der Waals surface area contributed by atoms with Crippen LogP contribution in [-0.2, 0) is 24.1 Å². The molecule has 1 aliphatic heterocycles. The van der Waals surface area contributed by atoms with Crippen molar-refractivity contribution in [3.8, 4) is 0 Å². The summed E-state index contributed by atoms with van der Waals surface area (Å²) < 4.78 is 8.66. The lowest BCUT2D eigenvalue weighted by Crippen LogP contribution is -2.28. The fourth-order valence-corrected chi connectivity index (χ4v) is 20.9. The topological polar surface area (TPSA) is 275 Å². The monoisotopic (exact) mass is 1640 g/mol. The molecule has 608 valence electrons. The molecule has 27 heteroatoms. The molecule has 23 nitrogen and oxygen atoms in total. The Balaban J connectivity index is 0.000000134. The summed E-state index contributed by atoms with van der Waals surface area (Å²) in [6.45, 7) is 10.8. The Morgan fingerprint density at radius 2 is 0.793 bits per heavy atom. The molecule has 0 unspecified atom stereocenters. The number of carbonyl (C=O) groups excluding carboxylic acids is 8. The van der Waals surface area contributed by atoms with Crippen molar-refractivity contribution in [3.63, 3.8) is 0 Å². The van der Waals surface area contributed by atoms with E-state index in [-0.39, 0.29) is 54.4 Å². The van der Waals surface area contributed by atoms with Gasteiger partial charge in [0.2, 0.25) is 5.91 Å². The van der Waals surface area contributed by atoms with Crippen LogP contribution in [0.25, 0.3) is 40.9 Å². The van der Waals surface area contributed by atoms with Gasteiger partial charge in [0.05, 0.1) is 78.3 Å². The maximum atomic E-state index is 12.9. The van der Waals surface area contributed by atoms with Crippen molar-refractivity contribution in [2.75, 3.05) is 49.8 Å². The molecule has 4 saturated carbocycles. The maximum Gasteiger partial charge on any atom is 0.323 e. The first-order chi connectivity index (χ1) is 55.6. The Kier molecular flexibility index (Phi) is 27.2. The molecule has 0 spiro atoms. The van der Waals surface area contributed by atoms with Gasteiger partial charge in [-0.05, 0) is 169 Å². The standard InChI is InChI=1S/C23H27N3O2S.2C22H25N3O2S.C21H24N6O2S.CH4/c1-15-19-14-21(29-23(19)26(24-15)18-7-5-4-6-8-18)20(27)13-16-9-11-17(12-10-16)22(28)25(2)3;1-14-18-13-20(28-22(18)25(24-14)17-6-4-3-5-7-17)19(26)12-15-8-10-16(11-9-15)21(27)23-2;1-14-19-13-21(28-22(19)25(24-14)18-6-4-3-5-7-18)20(27)12-16-8-10-17(11-9-16)23-15(2)26;1-13-16-11-17(30-20(16)27(25-13)15-5-3-2-4-6-15)19(28)24-14-7-8-18(23-12-14)26-10-9-22-21(26)29;/h9-12,14,18H,4-8,13H2,1-3H3;8-11,13,17H,3-7,12H2,1-2H3,(H,23,27);8-11,13,18H,3-7,12H2,1-2H3,(H,23,26);7-8,11-12,15H,2-6,9-10H2,1H3,(H,22,29)(H,24,28);1H4. The van der Waals surface area contributed by atoms with Crippen molar-refractivity contribution >= 4 is 150 Å². The van der Waals surface area contributed by atoms with Gasteiger partial charge in [-0.25, -0.2) is 9.78 Å². The molecule has 6 amide bonds. The molecule has 4 aliphatic carbocycles. The van der Waals surface area contributed by atoms with Crippen LogP contribution in [0.1, 0.15) is 266 Å². The summed E-state index contributed by atoms with van der Waals surface area (Å²) in [5.41, 5.74) is 9.37. The zero-order valence-corrected chi connectivity index (χ0v) is 70.0. The number of nitrogens with zero attached hydrogens (tertiary/aromatic N) is 11. The zero-order chi connectivity index (χ0) is 80.6. The minimum Gasteiger partial charge on any atom is -0.355 e. The van der Waals surface area contributed by atoms with Gasteiger partial charge in [0.25, 0.3) is 17.7 Å². The maximum absolute atomic E-state index is 12.9. The number of amides is 6. The summed E-state index contributed by atoms with van der Waals surface area (Å²) >= 11 is 6.20. The Bertz CT molecular complexity index is 5520. The van der Waals surface area contributed by atoms with E-state index in [9.17, 15) is 38.4 Å². The lowest BCUT2D eigenvalue weighted by atomic mass is 9.96. The molecule has 4 N–H and O–H groups in total. The second-order valence-electron chi connectivity index (χ2n) is 31.2. The first kappa shape index (κ1) is 83.6. The number of aromatic nitrogens is 9. The van der Waals surface area contributed by atoms with Crippen LogP contribution in [0.5, 0.6) is 0 Å². The number of hydrogen-bond donors (Lipinski definition) is 4. The number of urea groups is 1. The van der Waals surface area contributed by atoms with Gasteiger partial charge in [0.15, 0.2) is 17.3 Å². The molecule has 9 aromatic heterocycles. The van der Waals surface area contributed by atoms with Crippen LogP contribution in [0.4, 0.5) is 22.0 Å². The van der Waals surface area contributed by atoms with E-state index in [2.05, 4.69) is 45.0 Å². The number of rotatable bonds is 19. The van der Waals surface area contributed by atoms with Gasteiger partial charge in [0, 0.05) is 98.8 Å². The molecular formula is C89H105N15O8S4. The Hall–Kier alpha value is -10.4. The van der Waals surface area contributed by atoms with E-state index < -0.39 is 0 Å². The normalized spacial score (nSPS) is 15.6. The highest BCUT2D eigenvalue weighted by Crippen LogP contribution is 2.41. The zero-order valence-electron chi connectivity index (χ0n) is 66.8. The number of pyridine rings is 1. The molecule has 3 aromatic carbocycles. The SMILES string of the molecule is C.CC(=O)Nc1ccc(CC(=O)c2cc3c(C)nn(C4CCCCC4)c3s2)cc1.CNC(=O)c1ccc(CC(=O)c2cc3c(C)nn(C4CCCCC4)c3s2)cc1.Cc1nn(C2CCCCC2)c2sc(C(=O)Cc3ccc(C(=O)N(C)C)cc3)cc12.Cc1nn(C2CCCCC2)c2sc(C(=O)Nc3ccc(N4CCNC4=O)nc3)cc12. The van der Waals surface area contributed by atoms with E-state index in [0.717, 1.165) is 113 Å². The Labute approximate surface area is 693 Å². The highest BCUT2D eigenvalue weighted by molar-refractivity contribution is 7.21. The van der Waals surface area contributed by atoms with Gasteiger partial charge in [0.1, 0.15) is 25.1 Å². The number of nitrogens with one attached hydrogen (secondary N) is 4. The van der Waals surface area contributed by atoms with Gasteiger partial charge in [-0.15, -0.1) is 45.3 Å². The molecule has 116 heavy (non-hydrogen) atoms. The molecule has 12 aromatic rings. The number of ketones is 3. The fraction of sp³-hybridized carbons (Fsp3) is 0.427. The number of aryl methyl sites for hydroxylation is 4. The molecule has 5 fully saturated rings. The summed E-state index contributed by atoms with van der Waals surface area (Å²) in [6, 6.07) is 35.2. The second-order valence-corrected chi connectivity index (χ2v) is 35.3. The third-order valence-electron chi connectivity index (χ3n) is 22.6.